The van der Waals surface area contributed by atoms with Crippen molar-refractivity contribution in [2.24, 2.45) is 0 Å². The fourth-order valence-corrected chi connectivity index (χ4v) is 3.69. The smallest absolute Gasteiger partial charge is 0.197 e. The lowest BCUT2D eigenvalue weighted by Gasteiger charge is -2.11. The molecule has 120 valence electrons. The summed E-state index contributed by atoms with van der Waals surface area (Å²) in [6.45, 7) is 0.00138. The number of H-pyrrole nitrogens is 1. The van der Waals surface area contributed by atoms with Crippen molar-refractivity contribution in [1.29, 1.82) is 0 Å². The minimum Gasteiger partial charge on any atom is -0.670 e. The van der Waals surface area contributed by atoms with Gasteiger partial charge in [0.05, 0.1) is 10.8 Å². The molecule has 1 atom stereocenters. The molecule has 0 aliphatic rings. The van der Waals surface area contributed by atoms with Crippen molar-refractivity contribution in [3.8, 4) is 0 Å². The lowest BCUT2D eigenvalue weighted by atomic mass is 10.1. The lowest BCUT2D eigenvalue weighted by molar-refractivity contribution is 0.296. The highest BCUT2D eigenvalue weighted by atomic mass is 32.2. The number of aromatic amines is 1. The summed E-state index contributed by atoms with van der Waals surface area (Å²) >= 11 is 4.79. The zero-order chi connectivity index (χ0) is 16.4. The Hall–Kier alpha value is -1.83. The molecular formula is C16H15N2O3S2-. The number of hydrogen-bond acceptors (Lipinski definition) is 5. The van der Waals surface area contributed by atoms with Crippen molar-refractivity contribution in [2.75, 3.05) is 17.1 Å². The van der Waals surface area contributed by atoms with Gasteiger partial charge in [-0.2, -0.15) is 0 Å². The predicted molar refractivity (Wildman–Crippen MR) is 96.0 cm³/mol. The van der Waals surface area contributed by atoms with Crippen molar-refractivity contribution in [1.82, 2.24) is 4.98 Å². The molecule has 0 bridgehead atoms. The summed E-state index contributed by atoms with van der Waals surface area (Å²) in [4.78, 5) is 16.5. The molecule has 0 saturated heterocycles. The van der Waals surface area contributed by atoms with Gasteiger partial charge in [-0.15, -0.1) is 0 Å². The first-order valence-electron chi connectivity index (χ1n) is 7.11. The van der Waals surface area contributed by atoms with Crippen LogP contribution in [0.4, 0.5) is 5.69 Å². The summed E-state index contributed by atoms with van der Waals surface area (Å²) in [5.74, 6) is 0.373. The lowest BCUT2D eigenvalue weighted by Crippen LogP contribution is -2.06. The molecule has 0 spiro atoms. The summed E-state index contributed by atoms with van der Waals surface area (Å²) in [5, 5.41) is 9.87. The molecule has 3 rings (SSSR count). The average molecular weight is 347 g/mol. The molecule has 5 nitrogen and oxygen atoms in total. The Labute approximate surface area is 140 Å². The summed E-state index contributed by atoms with van der Waals surface area (Å²) in [7, 11) is -1.23. The van der Waals surface area contributed by atoms with Crippen LogP contribution in [-0.2, 0) is 23.6 Å². The molecule has 0 fully saturated rings. The standard InChI is InChI=1S/C16H15N2O3S2/c19-6-1-7-23(21)11-3-5-15-13(9-11)16(20)12-8-10(18-22)2-4-14(12)17-15/h2-5,8-9,18-19H,1,6-7H2,(H,17,20)/q-1. The van der Waals surface area contributed by atoms with E-state index in [9.17, 15) is 9.00 Å². The van der Waals surface area contributed by atoms with Crippen LogP contribution in [-0.4, -0.2) is 26.7 Å². The van der Waals surface area contributed by atoms with E-state index in [1.165, 1.54) is 0 Å². The number of aliphatic hydroxyl groups excluding tert-OH is 1. The highest BCUT2D eigenvalue weighted by Crippen LogP contribution is 2.20. The van der Waals surface area contributed by atoms with Gasteiger partial charge in [-0.1, -0.05) is 0 Å². The number of rotatable bonds is 5. The molecule has 7 heteroatoms. The monoisotopic (exact) mass is 347 g/mol. The molecule has 0 saturated carbocycles. The topological polar surface area (TPSA) is 82.2 Å². The highest BCUT2D eigenvalue weighted by Gasteiger charge is 2.09. The SMILES string of the molecule is O=c1c2cc(N[S-])ccc2[nH]c2ccc(S(=O)CCCO)cc12. The van der Waals surface area contributed by atoms with Gasteiger partial charge in [0.25, 0.3) is 0 Å². The average Bonchev–Trinajstić information content (AvgIpc) is 2.59. The predicted octanol–water partition coefficient (Wildman–Crippen LogP) is 2.05. The Balaban J connectivity index is 2.17. The molecule has 0 amide bonds. The molecular weight excluding hydrogens is 332 g/mol. The minimum atomic E-state index is -1.23. The Kier molecular flexibility index (Phi) is 4.70. The van der Waals surface area contributed by atoms with Crippen molar-refractivity contribution in [2.45, 2.75) is 11.3 Å². The van der Waals surface area contributed by atoms with Gasteiger partial charge in [-0.3, -0.25) is 9.00 Å². The maximum absolute atomic E-state index is 12.7. The number of pyridine rings is 1. The van der Waals surface area contributed by atoms with E-state index in [1.807, 2.05) is 0 Å². The molecule has 23 heavy (non-hydrogen) atoms. The van der Waals surface area contributed by atoms with E-state index in [1.54, 1.807) is 36.4 Å². The number of fused-ring (bicyclic) bond motifs is 2. The molecule has 1 aromatic heterocycles. The van der Waals surface area contributed by atoms with E-state index in [0.29, 0.717) is 39.0 Å². The van der Waals surface area contributed by atoms with Crippen LogP contribution in [0.25, 0.3) is 21.8 Å². The van der Waals surface area contributed by atoms with E-state index in [-0.39, 0.29) is 12.0 Å². The fraction of sp³-hybridized carbons (Fsp3) is 0.188. The van der Waals surface area contributed by atoms with Gasteiger partial charge in [0, 0.05) is 44.7 Å². The van der Waals surface area contributed by atoms with Crippen LogP contribution in [0.1, 0.15) is 6.42 Å². The number of anilines is 1. The van der Waals surface area contributed by atoms with E-state index >= 15 is 0 Å². The van der Waals surface area contributed by atoms with Crippen molar-refractivity contribution >= 4 is 51.1 Å². The summed E-state index contributed by atoms with van der Waals surface area (Å²) in [6.07, 6.45) is 0.465. The molecule has 0 aliphatic carbocycles. The number of hydrogen-bond donors (Lipinski definition) is 3. The zero-order valence-electron chi connectivity index (χ0n) is 12.2. The number of aromatic nitrogens is 1. The summed E-state index contributed by atoms with van der Waals surface area (Å²) in [5.41, 5.74) is 1.98. The molecule has 3 aromatic rings. The molecule has 1 unspecified atom stereocenters. The van der Waals surface area contributed by atoms with E-state index < -0.39 is 10.8 Å². The maximum atomic E-state index is 12.7. The first kappa shape index (κ1) is 16.0. The van der Waals surface area contributed by atoms with Crippen molar-refractivity contribution in [3.05, 3.63) is 46.6 Å². The van der Waals surface area contributed by atoms with Gasteiger partial charge in [-0.05, 0) is 42.8 Å². The van der Waals surface area contributed by atoms with Gasteiger partial charge >= 0.3 is 0 Å². The van der Waals surface area contributed by atoms with Crippen molar-refractivity contribution in [3.63, 3.8) is 0 Å². The quantitative estimate of drug-likeness (QED) is 0.486. The molecule has 2 aromatic carbocycles. The van der Waals surface area contributed by atoms with Gasteiger partial charge in [0.15, 0.2) is 5.43 Å². The largest absolute Gasteiger partial charge is 0.670 e. The van der Waals surface area contributed by atoms with Gasteiger partial charge in [-0.25, -0.2) is 0 Å². The van der Waals surface area contributed by atoms with Crippen LogP contribution in [0.5, 0.6) is 0 Å². The van der Waals surface area contributed by atoms with E-state index in [4.69, 9.17) is 17.9 Å². The molecule has 3 N–H and O–H groups in total. The van der Waals surface area contributed by atoms with Gasteiger partial charge in [0.2, 0.25) is 0 Å². The summed E-state index contributed by atoms with van der Waals surface area (Å²) in [6, 6.07) is 10.5. The Morgan fingerprint density at radius 3 is 2.52 bits per heavy atom. The van der Waals surface area contributed by atoms with E-state index in [2.05, 4.69) is 9.71 Å². The van der Waals surface area contributed by atoms with E-state index in [0.717, 1.165) is 5.52 Å². The van der Waals surface area contributed by atoms with Crippen LogP contribution >= 0.6 is 0 Å². The highest BCUT2D eigenvalue weighted by molar-refractivity contribution is 7.85. The Bertz CT molecular complexity index is 953. The Morgan fingerprint density at radius 2 is 1.83 bits per heavy atom. The third-order valence-corrected chi connectivity index (χ3v) is 5.31. The minimum absolute atomic E-state index is 0.00138. The van der Waals surface area contributed by atoms with Crippen molar-refractivity contribution < 1.29 is 9.32 Å². The normalized spacial score (nSPS) is 12.6. The second-order valence-electron chi connectivity index (χ2n) is 5.15. The Morgan fingerprint density at radius 1 is 1.13 bits per heavy atom. The second-order valence-corrected chi connectivity index (χ2v) is 6.93. The summed E-state index contributed by atoms with van der Waals surface area (Å²) < 4.78 is 14.8. The van der Waals surface area contributed by atoms with Crippen LogP contribution in [0.3, 0.4) is 0 Å². The number of benzene rings is 2. The molecule has 0 radical (unpaired) electrons. The third-order valence-electron chi connectivity index (χ3n) is 3.64. The van der Waals surface area contributed by atoms with Crippen LogP contribution in [0.2, 0.25) is 0 Å². The fourth-order valence-electron chi connectivity index (χ4n) is 2.47. The van der Waals surface area contributed by atoms with Crippen LogP contribution < -0.4 is 10.2 Å². The third kappa shape index (κ3) is 3.12. The van der Waals surface area contributed by atoms with Gasteiger partial charge in [0.1, 0.15) is 0 Å². The second kappa shape index (κ2) is 6.74. The van der Waals surface area contributed by atoms with Gasteiger partial charge < -0.3 is 27.6 Å². The van der Waals surface area contributed by atoms with Crippen LogP contribution in [0, 0.1) is 0 Å². The molecule has 0 aliphatic heterocycles. The number of nitrogens with one attached hydrogen (secondary N) is 2. The first-order chi connectivity index (χ1) is 11.1. The van der Waals surface area contributed by atoms with Crippen LogP contribution in [0.15, 0.2) is 46.1 Å². The maximum Gasteiger partial charge on any atom is 0.197 e. The zero-order valence-corrected chi connectivity index (χ0v) is 13.8. The number of aliphatic hydroxyl groups is 1. The first-order valence-corrected chi connectivity index (χ1v) is 8.84. The molecule has 1 heterocycles.